The van der Waals surface area contributed by atoms with Gasteiger partial charge in [-0.15, -0.1) is 0 Å². The molecule has 0 bridgehead atoms. The van der Waals surface area contributed by atoms with Gasteiger partial charge in [0.1, 0.15) is 12.0 Å². The molecule has 2 aromatic rings. The third kappa shape index (κ3) is 2.42. The molecule has 1 aromatic heterocycles. The molecule has 4 heteroatoms. The number of phenolic OH excluding ortho intramolecular Hbond substituents is 1. The molecular formula is C13H11NO3. The summed E-state index contributed by atoms with van der Waals surface area (Å²) in [4.78, 5) is 14.7. The van der Waals surface area contributed by atoms with Crippen molar-refractivity contribution in [3.05, 3.63) is 42.1 Å². The summed E-state index contributed by atoms with van der Waals surface area (Å²) in [7, 11) is 1.53. The Bertz CT molecular complexity index is 552. The van der Waals surface area contributed by atoms with Crippen LogP contribution in [0.1, 0.15) is 10.4 Å². The minimum atomic E-state index is 0.0559. The minimum absolute atomic E-state index is 0.0559. The molecule has 86 valence electrons. The second-order valence-corrected chi connectivity index (χ2v) is 3.52. The van der Waals surface area contributed by atoms with E-state index in [1.165, 1.54) is 13.2 Å². The molecule has 0 aliphatic rings. The largest absolute Gasteiger partial charge is 0.508 e. The smallest absolute Gasteiger partial charge is 0.213 e. The summed E-state index contributed by atoms with van der Waals surface area (Å²) in [5.41, 5.74) is 2.00. The van der Waals surface area contributed by atoms with Gasteiger partial charge in [0, 0.05) is 17.8 Å². The van der Waals surface area contributed by atoms with Gasteiger partial charge in [0.05, 0.1) is 7.11 Å². The predicted octanol–water partition coefficient (Wildman–Crippen LogP) is 2.28. The second kappa shape index (κ2) is 4.65. The maximum atomic E-state index is 10.7. The average Bonchev–Trinajstić information content (AvgIpc) is 2.38. The number of aldehydes is 1. The van der Waals surface area contributed by atoms with E-state index in [1.807, 2.05) is 0 Å². The van der Waals surface area contributed by atoms with E-state index >= 15 is 0 Å². The molecule has 0 radical (unpaired) electrons. The van der Waals surface area contributed by atoms with Gasteiger partial charge in [0.2, 0.25) is 5.88 Å². The third-order valence-corrected chi connectivity index (χ3v) is 2.35. The number of aromatic nitrogens is 1. The lowest BCUT2D eigenvalue weighted by molar-refractivity contribution is 0.112. The second-order valence-electron chi connectivity index (χ2n) is 3.52. The molecule has 17 heavy (non-hydrogen) atoms. The number of hydrogen-bond acceptors (Lipinski definition) is 4. The number of carbonyl (C=O) groups excluding carboxylic acids is 1. The molecule has 0 atom stereocenters. The van der Waals surface area contributed by atoms with Gasteiger partial charge in [-0.05, 0) is 35.4 Å². The quantitative estimate of drug-likeness (QED) is 0.820. The molecule has 4 nitrogen and oxygen atoms in total. The van der Waals surface area contributed by atoms with Gasteiger partial charge >= 0.3 is 0 Å². The van der Waals surface area contributed by atoms with Crippen LogP contribution in [0.5, 0.6) is 11.6 Å². The number of hydrogen-bond donors (Lipinski definition) is 1. The molecule has 0 saturated carbocycles. The van der Waals surface area contributed by atoms with Crippen LogP contribution < -0.4 is 4.74 Å². The van der Waals surface area contributed by atoms with Crippen LogP contribution in [0.25, 0.3) is 11.1 Å². The van der Waals surface area contributed by atoms with E-state index in [1.54, 1.807) is 30.5 Å². The molecule has 1 N–H and O–H groups in total. The number of methoxy groups -OCH3 is 1. The Balaban J connectivity index is 2.51. The Kier molecular flexibility index (Phi) is 3.05. The van der Waals surface area contributed by atoms with Crippen LogP contribution in [0.4, 0.5) is 0 Å². The van der Waals surface area contributed by atoms with E-state index in [2.05, 4.69) is 4.98 Å². The van der Waals surface area contributed by atoms with Gasteiger partial charge in [-0.1, -0.05) is 0 Å². The van der Waals surface area contributed by atoms with Crippen LogP contribution in [0.15, 0.2) is 36.5 Å². The lowest BCUT2D eigenvalue weighted by Gasteiger charge is -2.05. The van der Waals surface area contributed by atoms with Gasteiger partial charge in [-0.3, -0.25) is 4.79 Å². The maximum absolute atomic E-state index is 10.7. The molecule has 0 fully saturated rings. The molecule has 1 aromatic carbocycles. The van der Waals surface area contributed by atoms with Crippen molar-refractivity contribution in [2.75, 3.05) is 7.11 Å². The maximum Gasteiger partial charge on any atom is 0.213 e. The third-order valence-electron chi connectivity index (χ3n) is 2.35. The van der Waals surface area contributed by atoms with Gasteiger partial charge < -0.3 is 9.84 Å². The number of pyridine rings is 1. The zero-order valence-corrected chi connectivity index (χ0v) is 9.25. The normalized spacial score (nSPS) is 9.94. The van der Waals surface area contributed by atoms with Crippen LogP contribution in [-0.4, -0.2) is 23.5 Å². The minimum Gasteiger partial charge on any atom is -0.508 e. The van der Waals surface area contributed by atoms with Crippen molar-refractivity contribution in [2.45, 2.75) is 0 Å². The molecule has 0 aliphatic heterocycles. The van der Waals surface area contributed by atoms with Crippen LogP contribution in [0, 0.1) is 0 Å². The number of aromatic hydroxyl groups is 1. The first-order valence-electron chi connectivity index (χ1n) is 5.02. The van der Waals surface area contributed by atoms with E-state index in [0.717, 1.165) is 11.1 Å². The Morgan fingerprint density at radius 3 is 2.76 bits per heavy atom. The fourth-order valence-electron chi connectivity index (χ4n) is 1.57. The summed E-state index contributed by atoms with van der Waals surface area (Å²) in [6.07, 6.45) is 2.31. The molecule has 2 rings (SSSR count). The highest BCUT2D eigenvalue weighted by Crippen LogP contribution is 2.26. The van der Waals surface area contributed by atoms with E-state index in [4.69, 9.17) is 4.74 Å². The highest BCUT2D eigenvalue weighted by atomic mass is 16.5. The summed E-state index contributed by atoms with van der Waals surface area (Å²) in [5.74, 6) is 0.541. The van der Waals surface area contributed by atoms with Gasteiger partial charge in [0.25, 0.3) is 0 Å². The SMILES string of the molecule is COc1cc(-c2cc(O)cc(C=O)c2)ccn1. The molecule has 0 aliphatic carbocycles. The summed E-state index contributed by atoms with van der Waals surface area (Å²) in [5, 5.41) is 9.51. The summed E-state index contributed by atoms with van der Waals surface area (Å²) in [6, 6.07) is 8.22. The first-order valence-corrected chi connectivity index (χ1v) is 5.02. The summed E-state index contributed by atoms with van der Waals surface area (Å²) >= 11 is 0. The average molecular weight is 229 g/mol. The fourth-order valence-corrected chi connectivity index (χ4v) is 1.57. The van der Waals surface area contributed by atoms with Crippen molar-refractivity contribution >= 4 is 6.29 Å². The molecule has 0 amide bonds. The molecule has 1 heterocycles. The first-order chi connectivity index (χ1) is 8.22. The van der Waals surface area contributed by atoms with E-state index in [-0.39, 0.29) is 5.75 Å². The lowest BCUT2D eigenvalue weighted by Crippen LogP contribution is -1.88. The number of nitrogens with zero attached hydrogens (tertiary/aromatic N) is 1. The number of ether oxygens (including phenoxy) is 1. The van der Waals surface area contributed by atoms with Gasteiger partial charge in [0.15, 0.2) is 0 Å². The fraction of sp³-hybridized carbons (Fsp3) is 0.0769. The highest BCUT2D eigenvalue weighted by Gasteiger charge is 2.04. The predicted molar refractivity (Wildman–Crippen MR) is 63.3 cm³/mol. The van der Waals surface area contributed by atoms with Crippen molar-refractivity contribution < 1.29 is 14.6 Å². The van der Waals surface area contributed by atoms with Crippen molar-refractivity contribution in [3.8, 4) is 22.8 Å². The zero-order valence-electron chi connectivity index (χ0n) is 9.25. The van der Waals surface area contributed by atoms with Crippen LogP contribution in [0.2, 0.25) is 0 Å². The summed E-state index contributed by atoms with van der Waals surface area (Å²) < 4.78 is 5.02. The lowest BCUT2D eigenvalue weighted by atomic mass is 10.0. The Hall–Kier alpha value is -2.36. The van der Waals surface area contributed by atoms with Crippen LogP contribution in [-0.2, 0) is 0 Å². The van der Waals surface area contributed by atoms with Crippen molar-refractivity contribution in [2.24, 2.45) is 0 Å². The number of benzene rings is 1. The first kappa shape index (κ1) is 11.1. The van der Waals surface area contributed by atoms with Crippen molar-refractivity contribution in [1.82, 2.24) is 4.98 Å². The van der Waals surface area contributed by atoms with E-state index < -0.39 is 0 Å². The molecule has 0 spiro atoms. The van der Waals surface area contributed by atoms with Crippen molar-refractivity contribution in [1.29, 1.82) is 0 Å². The molecule has 0 saturated heterocycles. The van der Waals surface area contributed by atoms with Gasteiger partial charge in [-0.2, -0.15) is 0 Å². The molecule has 0 unspecified atom stereocenters. The molecular weight excluding hydrogens is 218 g/mol. The van der Waals surface area contributed by atoms with Crippen molar-refractivity contribution in [3.63, 3.8) is 0 Å². The number of phenols is 1. The van der Waals surface area contributed by atoms with Crippen LogP contribution in [0.3, 0.4) is 0 Å². The summed E-state index contributed by atoms with van der Waals surface area (Å²) in [6.45, 7) is 0. The van der Waals surface area contributed by atoms with Gasteiger partial charge in [-0.25, -0.2) is 4.98 Å². The Morgan fingerprint density at radius 2 is 2.06 bits per heavy atom. The van der Waals surface area contributed by atoms with E-state index in [0.29, 0.717) is 17.7 Å². The van der Waals surface area contributed by atoms with Crippen LogP contribution >= 0.6 is 0 Å². The monoisotopic (exact) mass is 229 g/mol. The Labute approximate surface area is 98.5 Å². The number of carbonyl (C=O) groups is 1. The van der Waals surface area contributed by atoms with E-state index in [9.17, 15) is 9.90 Å². The number of rotatable bonds is 3. The zero-order chi connectivity index (χ0) is 12.3. The topological polar surface area (TPSA) is 59.4 Å². The standard InChI is InChI=1S/C13H11NO3/c1-17-13-7-10(2-3-14-13)11-4-9(8-15)5-12(16)6-11/h2-8,16H,1H3. The highest BCUT2D eigenvalue weighted by molar-refractivity contribution is 5.80. The Morgan fingerprint density at radius 1 is 1.24 bits per heavy atom.